The van der Waals surface area contributed by atoms with Crippen LogP contribution in [0.1, 0.15) is 12.5 Å². The lowest BCUT2D eigenvalue weighted by Crippen LogP contribution is -1.97. The Hall–Kier alpha value is -5.40. The van der Waals surface area contributed by atoms with Gasteiger partial charge in [-0.25, -0.2) is 0 Å². The van der Waals surface area contributed by atoms with Gasteiger partial charge in [-0.1, -0.05) is 146 Å². The SMILES string of the molecule is C=C/C(=C(/C)N)c1cccc(-c2c3ccccc3c(-c3ccc(-c4ccccc4)c4ccccc34)c3ccccc23)c1. The first-order chi connectivity index (χ1) is 20.7. The van der Waals surface area contributed by atoms with Gasteiger partial charge in [0.2, 0.25) is 0 Å². The minimum Gasteiger partial charge on any atom is -0.402 e. The van der Waals surface area contributed by atoms with Crippen molar-refractivity contribution < 1.29 is 0 Å². The van der Waals surface area contributed by atoms with Crippen molar-refractivity contribution in [1.29, 1.82) is 0 Å². The second-order valence-corrected chi connectivity index (χ2v) is 10.8. The van der Waals surface area contributed by atoms with Crippen molar-refractivity contribution in [2.45, 2.75) is 6.92 Å². The van der Waals surface area contributed by atoms with Gasteiger partial charge in [0.25, 0.3) is 0 Å². The molecule has 0 amide bonds. The molecule has 0 saturated carbocycles. The van der Waals surface area contributed by atoms with Crippen molar-refractivity contribution in [3.63, 3.8) is 0 Å². The third-order valence-corrected chi connectivity index (χ3v) is 8.30. The summed E-state index contributed by atoms with van der Waals surface area (Å²) in [6.45, 7) is 5.95. The van der Waals surface area contributed by atoms with Crippen molar-refractivity contribution >= 4 is 37.9 Å². The van der Waals surface area contributed by atoms with Crippen LogP contribution in [0.25, 0.3) is 71.3 Å². The number of allylic oxidation sites excluding steroid dienone is 3. The molecule has 0 fully saturated rings. The van der Waals surface area contributed by atoms with E-state index in [1.54, 1.807) is 0 Å². The molecule has 2 N–H and O–H groups in total. The van der Waals surface area contributed by atoms with Gasteiger partial charge < -0.3 is 5.73 Å². The first-order valence-electron chi connectivity index (χ1n) is 14.4. The molecule has 0 spiro atoms. The van der Waals surface area contributed by atoms with Crippen LogP contribution in [-0.2, 0) is 0 Å². The van der Waals surface area contributed by atoms with Crippen LogP contribution in [0.3, 0.4) is 0 Å². The number of benzene rings is 7. The maximum atomic E-state index is 6.23. The summed E-state index contributed by atoms with van der Waals surface area (Å²) in [5.74, 6) is 0. The zero-order chi connectivity index (χ0) is 28.6. The van der Waals surface area contributed by atoms with E-state index >= 15 is 0 Å². The van der Waals surface area contributed by atoms with Crippen LogP contribution in [-0.4, -0.2) is 0 Å². The molecule has 200 valence electrons. The van der Waals surface area contributed by atoms with Crippen LogP contribution in [0.4, 0.5) is 0 Å². The van der Waals surface area contributed by atoms with Crippen LogP contribution in [0.15, 0.2) is 158 Å². The largest absolute Gasteiger partial charge is 0.402 e. The zero-order valence-electron chi connectivity index (χ0n) is 23.6. The van der Waals surface area contributed by atoms with E-state index in [1.165, 1.54) is 60.1 Å². The number of fused-ring (bicyclic) bond motifs is 3. The van der Waals surface area contributed by atoms with E-state index in [4.69, 9.17) is 5.73 Å². The Bertz CT molecular complexity index is 2110. The Morgan fingerprint density at radius 3 is 1.55 bits per heavy atom. The summed E-state index contributed by atoms with van der Waals surface area (Å²) in [5, 5.41) is 7.45. The first kappa shape index (κ1) is 25.6. The fraction of sp³-hybridized carbons (Fsp3) is 0.0244. The molecule has 0 aliphatic heterocycles. The standard InChI is InChI=1S/C41H31N/c1-3-31(27(2)42)29-16-13-17-30(26-29)40-35-20-9-11-22-37(35)41(38-23-12-10-21-36(38)40)39-25-24-32(28-14-5-4-6-15-28)33-18-7-8-19-34(33)39/h3-26H,1,42H2,2H3/b31-27+. The smallest absolute Gasteiger partial charge is 0.0128 e. The minimum absolute atomic E-state index is 0.762. The molecule has 0 radical (unpaired) electrons. The third-order valence-electron chi connectivity index (χ3n) is 8.30. The van der Waals surface area contributed by atoms with E-state index < -0.39 is 0 Å². The second-order valence-electron chi connectivity index (χ2n) is 10.8. The number of rotatable bonds is 5. The topological polar surface area (TPSA) is 26.0 Å². The van der Waals surface area contributed by atoms with Gasteiger partial charge >= 0.3 is 0 Å². The summed E-state index contributed by atoms with van der Waals surface area (Å²) < 4.78 is 0. The van der Waals surface area contributed by atoms with Gasteiger partial charge in [-0.05, 0) is 89.8 Å². The van der Waals surface area contributed by atoms with Gasteiger partial charge in [0.1, 0.15) is 0 Å². The van der Waals surface area contributed by atoms with Crippen LogP contribution in [0, 0.1) is 0 Å². The van der Waals surface area contributed by atoms with E-state index in [2.05, 4.69) is 146 Å². The van der Waals surface area contributed by atoms with Crippen LogP contribution in [0.5, 0.6) is 0 Å². The highest BCUT2D eigenvalue weighted by Gasteiger charge is 2.19. The molecule has 0 heterocycles. The average molecular weight is 538 g/mol. The van der Waals surface area contributed by atoms with Crippen molar-refractivity contribution in [1.82, 2.24) is 0 Å². The van der Waals surface area contributed by atoms with Crippen molar-refractivity contribution in [3.05, 3.63) is 163 Å². The van der Waals surface area contributed by atoms with Crippen molar-refractivity contribution in [2.75, 3.05) is 0 Å². The zero-order valence-corrected chi connectivity index (χ0v) is 23.6. The molecular weight excluding hydrogens is 506 g/mol. The summed E-state index contributed by atoms with van der Waals surface area (Å²) >= 11 is 0. The molecular formula is C41H31N. The summed E-state index contributed by atoms with van der Waals surface area (Å²) in [6, 6.07) is 50.3. The highest BCUT2D eigenvalue weighted by atomic mass is 14.6. The van der Waals surface area contributed by atoms with Gasteiger partial charge in [-0.2, -0.15) is 0 Å². The van der Waals surface area contributed by atoms with E-state index in [-0.39, 0.29) is 0 Å². The second kappa shape index (κ2) is 10.5. The van der Waals surface area contributed by atoms with E-state index in [1.807, 2.05) is 13.0 Å². The van der Waals surface area contributed by atoms with Crippen LogP contribution >= 0.6 is 0 Å². The molecule has 7 aromatic carbocycles. The highest BCUT2D eigenvalue weighted by Crippen LogP contribution is 2.46. The lowest BCUT2D eigenvalue weighted by Gasteiger charge is -2.20. The molecule has 0 unspecified atom stereocenters. The van der Waals surface area contributed by atoms with E-state index in [9.17, 15) is 0 Å². The Labute approximate surface area is 246 Å². The van der Waals surface area contributed by atoms with Crippen molar-refractivity contribution in [3.8, 4) is 33.4 Å². The quantitative estimate of drug-likeness (QED) is 0.171. The maximum Gasteiger partial charge on any atom is 0.0128 e. The lowest BCUT2D eigenvalue weighted by molar-refractivity contribution is 1.32. The summed E-state index contributed by atoms with van der Waals surface area (Å²) in [5.41, 5.74) is 16.4. The summed E-state index contributed by atoms with van der Waals surface area (Å²) in [4.78, 5) is 0. The monoisotopic (exact) mass is 537 g/mol. The molecule has 1 nitrogen and oxygen atoms in total. The fourth-order valence-corrected chi connectivity index (χ4v) is 6.46. The molecule has 0 aliphatic rings. The average Bonchev–Trinajstić information content (AvgIpc) is 3.04. The predicted octanol–water partition coefficient (Wildman–Crippen LogP) is 11.0. The molecule has 0 atom stereocenters. The number of hydrogen-bond acceptors (Lipinski definition) is 1. The Kier molecular flexibility index (Phi) is 6.41. The molecule has 0 bridgehead atoms. The summed E-state index contributed by atoms with van der Waals surface area (Å²) in [6.07, 6.45) is 1.85. The van der Waals surface area contributed by atoms with E-state index in [0.29, 0.717) is 0 Å². The Morgan fingerprint density at radius 1 is 0.500 bits per heavy atom. The maximum absolute atomic E-state index is 6.23. The molecule has 7 aromatic rings. The molecule has 0 saturated heterocycles. The normalized spacial score (nSPS) is 12.0. The van der Waals surface area contributed by atoms with Gasteiger partial charge in [-0.3, -0.25) is 0 Å². The minimum atomic E-state index is 0.762. The highest BCUT2D eigenvalue weighted by molar-refractivity contribution is 6.24. The van der Waals surface area contributed by atoms with E-state index in [0.717, 1.165) is 22.4 Å². The van der Waals surface area contributed by atoms with Gasteiger partial charge in [-0.15, -0.1) is 0 Å². The molecule has 0 aromatic heterocycles. The summed E-state index contributed by atoms with van der Waals surface area (Å²) in [7, 11) is 0. The van der Waals surface area contributed by atoms with Gasteiger partial charge in [0.15, 0.2) is 0 Å². The fourth-order valence-electron chi connectivity index (χ4n) is 6.46. The molecule has 1 heteroatoms. The van der Waals surface area contributed by atoms with Crippen LogP contribution < -0.4 is 5.73 Å². The van der Waals surface area contributed by atoms with Gasteiger partial charge in [0.05, 0.1) is 0 Å². The van der Waals surface area contributed by atoms with Gasteiger partial charge in [0, 0.05) is 5.70 Å². The Balaban J connectivity index is 1.57. The molecule has 42 heavy (non-hydrogen) atoms. The van der Waals surface area contributed by atoms with Crippen molar-refractivity contribution in [2.24, 2.45) is 5.73 Å². The molecule has 0 aliphatic carbocycles. The molecule has 7 rings (SSSR count). The van der Waals surface area contributed by atoms with Crippen LogP contribution in [0.2, 0.25) is 0 Å². The third kappa shape index (κ3) is 4.19. The number of hydrogen-bond donors (Lipinski definition) is 1. The lowest BCUT2D eigenvalue weighted by atomic mass is 9.83. The number of nitrogens with two attached hydrogens (primary N) is 1. The predicted molar refractivity (Wildman–Crippen MR) is 182 cm³/mol. The first-order valence-corrected chi connectivity index (χ1v) is 14.4. The Morgan fingerprint density at radius 2 is 0.976 bits per heavy atom.